The number of anilines is 3. The van der Waals surface area contributed by atoms with Crippen molar-refractivity contribution in [2.24, 2.45) is 0 Å². The van der Waals surface area contributed by atoms with Crippen molar-refractivity contribution in [3.05, 3.63) is 71.4 Å². The van der Waals surface area contributed by atoms with Gasteiger partial charge in [-0.3, -0.25) is 4.79 Å². The molecule has 0 radical (unpaired) electrons. The fraction of sp³-hybridized carbons (Fsp3) is 0.182. The highest BCUT2D eigenvalue weighted by Crippen LogP contribution is 2.25. The van der Waals surface area contributed by atoms with Crippen molar-refractivity contribution in [2.75, 3.05) is 24.9 Å². The van der Waals surface area contributed by atoms with E-state index in [4.69, 9.17) is 9.47 Å². The van der Waals surface area contributed by atoms with Gasteiger partial charge in [0.1, 0.15) is 17.3 Å². The highest BCUT2D eigenvalue weighted by Gasteiger charge is 2.11. The van der Waals surface area contributed by atoms with Crippen LogP contribution in [0, 0.1) is 13.8 Å². The maximum absolute atomic E-state index is 12.6. The predicted molar refractivity (Wildman–Crippen MR) is 111 cm³/mol. The van der Waals surface area contributed by atoms with Crippen LogP contribution in [-0.4, -0.2) is 25.1 Å². The summed E-state index contributed by atoms with van der Waals surface area (Å²) < 4.78 is 10.4. The zero-order chi connectivity index (χ0) is 20.1. The Bertz CT molecular complexity index is 942. The summed E-state index contributed by atoms with van der Waals surface area (Å²) in [5.41, 5.74) is 4.36. The summed E-state index contributed by atoms with van der Waals surface area (Å²) in [4.78, 5) is 16.9. The lowest BCUT2D eigenvalue weighted by Gasteiger charge is -2.12. The molecule has 0 aliphatic rings. The molecule has 0 aliphatic carbocycles. The number of benzene rings is 2. The number of hydrogen-bond acceptors (Lipinski definition) is 5. The van der Waals surface area contributed by atoms with Gasteiger partial charge in [-0.1, -0.05) is 18.2 Å². The standard InChI is InChI=1S/C22H23N3O3/c1-14-6-5-7-15(2)21(14)25-20-9-8-17(13-23-20)24-22(26)16-10-18(27-3)12-19(11-16)28-4/h5-13H,1-4H3,(H,23,25)(H,24,26). The number of nitrogens with one attached hydrogen (secondary N) is 2. The maximum atomic E-state index is 12.6. The number of nitrogens with zero attached hydrogens (tertiary/aromatic N) is 1. The van der Waals surface area contributed by atoms with E-state index < -0.39 is 0 Å². The zero-order valence-corrected chi connectivity index (χ0v) is 16.4. The minimum Gasteiger partial charge on any atom is -0.497 e. The van der Waals surface area contributed by atoms with E-state index in [0.717, 1.165) is 16.8 Å². The lowest BCUT2D eigenvalue weighted by atomic mass is 10.1. The summed E-state index contributed by atoms with van der Waals surface area (Å²) in [5, 5.41) is 6.16. The van der Waals surface area contributed by atoms with Crippen molar-refractivity contribution in [3.8, 4) is 11.5 Å². The number of methoxy groups -OCH3 is 2. The number of carbonyl (C=O) groups is 1. The van der Waals surface area contributed by atoms with Crippen molar-refractivity contribution in [1.29, 1.82) is 0 Å². The first-order valence-electron chi connectivity index (χ1n) is 8.84. The Morgan fingerprint density at radius 2 is 1.57 bits per heavy atom. The van der Waals surface area contributed by atoms with Gasteiger partial charge in [0.05, 0.1) is 26.1 Å². The molecule has 0 aliphatic heterocycles. The number of amides is 1. The van der Waals surface area contributed by atoms with Crippen LogP contribution in [0.4, 0.5) is 17.2 Å². The molecule has 0 unspecified atom stereocenters. The summed E-state index contributed by atoms with van der Waals surface area (Å²) in [7, 11) is 3.09. The Balaban J connectivity index is 1.73. The van der Waals surface area contributed by atoms with Crippen molar-refractivity contribution in [1.82, 2.24) is 4.98 Å². The predicted octanol–water partition coefficient (Wildman–Crippen LogP) is 4.71. The molecule has 0 bridgehead atoms. The lowest BCUT2D eigenvalue weighted by Crippen LogP contribution is -2.12. The fourth-order valence-electron chi connectivity index (χ4n) is 2.82. The molecular weight excluding hydrogens is 354 g/mol. The first-order chi connectivity index (χ1) is 13.5. The third-order valence-corrected chi connectivity index (χ3v) is 4.37. The summed E-state index contributed by atoms with van der Waals surface area (Å²) in [6.07, 6.45) is 1.62. The van der Waals surface area contributed by atoms with Crippen molar-refractivity contribution in [2.45, 2.75) is 13.8 Å². The number of aryl methyl sites for hydroxylation is 2. The number of ether oxygens (including phenoxy) is 2. The summed E-state index contributed by atoms with van der Waals surface area (Å²) >= 11 is 0. The minimum atomic E-state index is -0.269. The van der Waals surface area contributed by atoms with Gasteiger partial charge in [0.2, 0.25) is 0 Å². The first kappa shape index (κ1) is 19.2. The van der Waals surface area contributed by atoms with Crippen LogP contribution in [0.1, 0.15) is 21.5 Å². The Hall–Kier alpha value is -3.54. The molecule has 6 nitrogen and oxygen atoms in total. The van der Waals surface area contributed by atoms with Crippen LogP contribution in [-0.2, 0) is 0 Å². The van der Waals surface area contributed by atoms with Crippen LogP contribution in [0.15, 0.2) is 54.7 Å². The number of hydrogen-bond donors (Lipinski definition) is 2. The number of para-hydroxylation sites is 1. The Morgan fingerprint density at radius 1 is 0.929 bits per heavy atom. The molecule has 1 heterocycles. The van der Waals surface area contributed by atoms with Crippen LogP contribution < -0.4 is 20.1 Å². The number of pyridine rings is 1. The smallest absolute Gasteiger partial charge is 0.255 e. The Labute approximate surface area is 164 Å². The second-order valence-electron chi connectivity index (χ2n) is 6.38. The van der Waals surface area contributed by atoms with Crippen molar-refractivity contribution < 1.29 is 14.3 Å². The summed E-state index contributed by atoms with van der Waals surface area (Å²) in [6, 6.07) is 14.8. The Kier molecular flexibility index (Phi) is 5.79. The van der Waals surface area contributed by atoms with Crippen LogP contribution in [0.2, 0.25) is 0 Å². The molecular formula is C22H23N3O3. The number of aromatic nitrogens is 1. The van der Waals surface area contributed by atoms with E-state index in [-0.39, 0.29) is 5.91 Å². The van der Waals surface area contributed by atoms with Crippen molar-refractivity contribution in [3.63, 3.8) is 0 Å². The van der Waals surface area contributed by atoms with Crippen LogP contribution >= 0.6 is 0 Å². The lowest BCUT2D eigenvalue weighted by molar-refractivity contribution is 0.102. The molecule has 6 heteroatoms. The number of carbonyl (C=O) groups excluding carboxylic acids is 1. The van der Waals surface area contributed by atoms with Gasteiger partial charge >= 0.3 is 0 Å². The second kappa shape index (κ2) is 8.43. The van der Waals surface area contributed by atoms with E-state index in [1.807, 2.05) is 38.1 Å². The third kappa shape index (κ3) is 4.40. The van der Waals surface area contributed by atoms with E-state index >= 15 is 0 Å². The molecule has 0 atom stereocenters. The van der Waals surface area contributed by atoms with Gasteiger partial charge in [-0.25, -0.2) is 4.98 Å². The molecule has 1 amide bonds. The molecule has 0 spiro atoms. The summed E-state index contributed by atoms with van der Waals surface area (Å²) in [6.45, 7) is 4.10. The molecule has 0 saturated carbocycles. The quantitative estimate of drug-likeness (QED) is 0.651. The second-order valence-corrected chi connectivity index (χ2v) is 6.38. The SMILES string of the molecule is COc1cc(OC)cc(C(=O)Nc2ccc(Nc3c(C)cccc3C)nc2)c1. The van der Waals surface area contributed by atoms with Gasteiger partial charge in [0, 0.05) is 17.3 Å². The molecule has 2 aromatic carbocycles. The maximum Gasteiger partial charge on any atom is 0.255 e. The molecule has 3 aromatic rings. The average Bonchev–Trinajstić information content (AvgIpc) is 2.71. The largest absolute Gasteiger partial charge is 0.497 e. The fourth-order valence-corrected chi connectivity index (χ4v) is 2.82. The van der Waals surface area contributed by atoms with Gasteiger partial charge in [0.25, 0.3) is 5.91 Å². The van der Waals surface area contributed by atoms with Gasteiger partial charge in [-0.05, 0) is 49.2 Å². The van der Waals surface area contributed by atoms with Gasteiger partial charge in [0.15, 0.2) is 0 Å². The summed E-state index contributed by atoms with van der Waals surface area (Å²) in [5.74, 6) is 1.54. The molecule has 1 aromatic heterocycles. The van der Waals surface area contributed by atoms with E-state index in [1.54, 1.807) is 44.7 Å². The van der Waals surface area contributed by atoms with E-state index in [0.29, 0.717) is 28.6 Å². The van der Waals surface area contributed by atoms with Gasteiger partial charge < -0.3 is 20.1 Å². The molecule has 2 N–H and O–H groups in total. The third-order valence-electron chi connectivity index (χ3n) is 4.37. The van der Waals surface area contributed by atoms with Crippen LogP contribution in [0.5, 0.6) is 11.5 Å². The van der Waals surface area contributed by atoms with E-state index in [9.17, 15) is 4.79 Å². The van der Waals surface area contributed by atoms with Crippen LogP contribution in [0.3, 0.4) is 0 Å². The average molecular weight is 377 g/mol. The van der Waals surface area contributed by atoms with Gasteiger partial charge in [-0.15, -0.1) is 0 Å². The molecule has 0 saturated heterocycles. The monoisotopic (exact) mass is 377 g/mol. The first-order valence-corrected chi connectivity index (χ1v) is 8.84. The molecule has 28 heavy (non-hydrogen) atoms. The molecule has 0 fully saturated rings. The van der Waals surface area contributed by atoms with E-state index in [2.05, 4.69) is 15.6 Å². The molecule has 3 rings (SSSR count). The molecule has 144 valence electrons. The zero-order valence-electron chi connectivity index (χ0n) is 16.4. The Morgan fingerprint density at radius 3 is 2.11 bits per heavy atom. The highest BCUT2D eigenvalue weighted by molar-refractivity contribution is 6.04. The number of rotatable bonds is 6. The van der Waals surface area contributed by atoms with Crippen molar-refractivity contribution >= 4 is 23.1 Å². The minimum absolute atomic E-state index is 0.269. The highest BCUT2D eigenvalue weighted by atomic mass is 16.5. The topological polar surface area (TPSA) is 72.5 Å². The normalized spacial score (nSPS) is 10.3. The van der Waals surface area contributed by atoms with E-state index in [1.165, 1.54) is 0 Å². The van der Waals surface area contributed by atoms with Gasteiger partial charge in [-0.2, -0.15) is 0 Å². The van der Waals surface area contributed by atoms with Crippen LogP contribution in [0.25, 0.3) is 0 Å².